The Labute approximate surface area is 188 Å². The summed E-state index contributed by atoms with van der Waals surface area (Å²) in [6.07, 6.45) is 6.91. The van der Waals surface area contributed by atoms with E-state index < -0.39 is 0 Å². The molecular weight excluding hydrogens is 387 g/mol. The van der Waals surface area contributed by atoms with E-state index in [0.717, 1.165) is 5.82 Å². The van der Waals surface area contributed by atoms with Crippen molar-refractivity contribution in [2.24, 2.45) is 0 Å². The van der Waals surface area contributed by atoms with Crippen LogP contribution in [0.25, 0.3) is 0 Å². The van der Waals surface area contributed by atoms with Crippen LogP contribution in [0.4, 0.5) is 0 Å². The van der Waals surface area contributed by atoms with Crippen LogP contribution in [0.15, 0.2) is 58.3 Å². The van der Waals surface area contributed by atoms with Gasteiger partial charge in [-0.05, 0) is 24.3 Å². The number of benzene rings is 2. The Morgan fingerprint density at radius 2 is 1.00 bits per heavy atom. The summed E-state index contributed by atoms with van der Waals surface area (Å²) in [4.78, 5) is 2.75. The van der Waals surface area contributed by atoms with Crippen molar-refractivity contribution in [2.75, 3.05) is 0 Å². The van der Waals surface area contributed by atoms with Crippen LogP contribution in [0.2, 0.25) is 5.82 Å². The second-order valence-electron chi connectivity index (χ2n) is 10.4. The first kappa shape index (κ1) is 22.9. The molecule has 0 aromatic heterocycles. The van der Waals surface area contributed by atoms with E-state index in [2.05, 4.69) is 90.1 Å². The Balaban J connectivity index is 1.87. The third kappa shape index (κ3) is 7.14. The second kappa shape index (κ2) is 9.56. The monoisotopic (exact) mass is 424 g/mol. The topological polar surface area (TPSA) is 0 Å². The normalized spacial score (nSPS) is 16.1. The summed E-state index contributed by atoms with van der Waals surface area (Å²) in [5, 5.41) is 0. The zero-order chi connectivity index (χ0) is 21.1. The van der Waals surface area contributed by atoms with Crippen LogP contribution < -0.4 is 10.9 Å². The molecule has 1 aliphatic carbocycles. The summed E-state index contributed by atoms with van der Waals surface area (Å²) in [5.41, 5.74) is 2.98. The molecule has 0 bridgehead atoms. The Morgan fingerprint density at radius 3 is 1.34 bits per heavy atom. The molecule has 29 heavy (non-hydrogen) atoms. The summed E-state index contributed by atoms with van der Waals surface area (Å²) >= 11 is 3.91. The van der Waals surface area contributed by atoms with Crippen molar-refractivity contribution >= 4 is 41.2 Å². The second-order valence-corrected chi connectivity index (χ2v) is 14.2. The average Bonchev–Trinajstić information content (AvgIpc) is 2.63. The van der Waals surface area contributed by atoms with Gasteiger partial charge in [0.15, 0.2) is 0 Å². The molecule has 1 saturated carbocycles. The fourth-order valence-corrected chi connectivity index (χ4v) is 6.36. The van der Waals surface area contributed by atoms with Crippen molar-refractivity contribution in [1.82, 2.24) is 0 Å². The molecule has 3 heteroatoms. The molecule has 0 amide bonds. The third-order valence-electron chi connectivity index (χ3n) is 5.45. The minimum atomic E-state index is 0.255. The first-order valence-electron chi connectivity index (χ1n) is 11.2. The molecule has 0 N–H and O–H groups in total. The van der Waals surface area contributed by atoms with Gasteiger partial charge in [-0.25, -0.2) is 0 Å². The summed E-state index contributed by atoms with van der Waals surface area (Å²) < 4.78 is 0.510. The zero-order valence-corrected chi connectivity index (χ0v) is 20.8. The van der Waals surface area contributed by atoms with Crippen molar-refractivity contribution in [1.29, 1.82) is 0 Å². The predicted octanol–water partition coefficient (Wildman–Crippen LogP) is 7.41. The van der Waals surface area contributed by atoms with Gasteiger partial charge in [0.05, 0.1) is 0 Å². The SMILES string of the molecule is CC(C)(C)Sc1ccc(B(c2ccc(SC(C)(C)C)cc2)C2CCCCC2)cc1. The zero-order valence-electron chi connectivity index (χ0n) is 19.1. The van der Waals surface area contributed by atoms with E-state index >= 15 is 0 Å². The van der Waals surface area contributed by atoms with E-state index in [1.807, 2.05) is 23.5 Å². The Bertz CT molecular complexity index is 701. The third-order valence-corrected chi connectivity index (χ3v) is 7.69. The molecule has 0 nitrogen and oxygen atoms in total. The molecule has 1 aliphatic rings. The van der Waals surface area contributed by atoms with Crippen LogP contribution in [0.3, 0.4) is 0 Å². The number of rotatable bonds is 5. The van der Waals surface area contributed by atoms with Crippen molar-refractivity contribution in [3.05, 3.63) is 48.5 Å². The average molecular weight is 425 g/mol. The van der Waals surface area contributed by atoms with Crippen LogP contribution in [-0.2, 0) is 0 Å². The quantitative estimate of drug-likeness (QED) is 0.362. The predicted molar refractivity (Wildman–Crippen MR) is 136 cm³/mol. The van der Waals surface area contributed by atoms with E-state index in [9.17, 15) is 0 Å². The first-order chi connectivity index (χ1) is 13.6. The summed E-state index contributed by atoms with van der Waals surface area (Å²) in [6.45, 7) is 14.2. The van der Waals surface area contributed by atoms with E-state index in [1.54, 1.807) is 0 Å². The van der Waals surface area contributed by atoms with Crippen LogP contribution in [0.1, 0.15) is 73.6 Å². The molecule has 2 aromatic rings. The Hall–Kier alpha value is -0.795. The van der Waals surface area contributed by atoms with Crippen molar-refractivity contribution in [2.45, 2.75) is 98.7 Å². The summed E-state index contributed by atoms with van der Waals surface area (Å²) in [6, 6.07) is 18.9. The van der Waals surface area contributed by atoms with Gasteiger partial charge >= 0.3 is 0 Å². The largest absolute Gasteiger partial charge is 0.212 e. The van der Waals surface area contributed by atoms with Gasteiger partial charge in [-0.2, -0.15) is 0 Å². The summed E-state index contributed by atoms with van der Waals surface area (Å²) in [5.74, 6) is 0.769. The van der Waals surface area contributed by atoms with E-state index in [4.69, 9.17) is 0 Å². The van der Waals surface area contributed by atoms with E-state index in [-0.39, 0.29) is 9.49 Å². The molecule has 0 aliphatic heterocycles. The van der Waals surface area contributed by atoms with Crippen LogP contribution in [-0.4, -0.2) is 16.2 Å². The lowest BCUT2D eigenvalue weighted by Gasteiger charge is -2.29. The van der Waals surface area contributed by atoms with Gasteiger partial charge in [-0.3, -0.25) is 0 Å². The number of hydrogen-bond donors (Lipinski definition) is 0. The number of hydrogen-bond acceptors (Lipinski definition) is 2. The maximum absolute atomic E-state index is 2.39. The number of thioether (sulfide) groups is 2. The molecule has 0 saturated heterocycles. The molecule has 3 rings (SSSR count). The van der Waals surface area contributed by atoms with Crippen LogP contribution in [0.5, 0.6) is 0 Å². The highest BCUT2D eigenvalue weighted by Crippen LogP contribution is 2.34. The molecule has 0 radical (unpaired) electrons. The van der Waals surface area contributed by atoms with Gasteiger partial charge in [0, 0.05) is 19.3 Å². The van der Waals surface area contributed by atoms with Gasteiger partial charge in [0.2, 0.25) is 6.71 Å². The van der Waals surface area contributed by atoms with Gasteiger partial charge in [0.25, 0.3) is 0 Å². The molecule has 0 heterocycles. The first-order valence-corrected chi connectivity index (χ1v) is 12.8. The van der Waals surface area contributed by atoms with Crippen LogP contribution in [0, 0.1) is 0 Å². The minimum Gasteiger partial charge on any atom is -0.120 e. The maximum atomic E-state index is 2.39. The smallest absolute Gasteiger partial charge is 0.120 e. The molecule has 0 spiro atoms. The molecule has 0 atom stereocenters. The molecule has 2 aromatic carbocycles. The standard InChI is InChI=1S/C26H37BS2/c1-25(2,3)28-23-16-12-21(13-17-23)27(20-10-8-7-9-11-20)22-14-18-24(19-15-22)29-26(4,5)6/h12-20H,7-11H2,1-6H3. The lowest BCUT2D eigenvalue weighted by atomic mass is 9.32. The van der Waals surface area contributed by atoms with Gasteiger partial charge in [-0.1, -0.05) is 115 Å². The summed E-state index contributed by atoms with van der Waals surface area (Å²) in [7, 11) is 0. The molecular formula is C26H37BS2. The van der Waals surface area contributed by atoms with Gasteiger partial charge in [0.1, 0.15) is 0 Å². The lowest BCUT2D eigenvalue weighted by Crippen LogP contribution is -2.46. The van der Waals surface area contributed by atoms with Crippen LogP contribution >= 0.6 is 23.5 Å². The lowest BCUT2D eigenvalue weighted by molar-refractivity contribution is 0.499. The molecule has 156 valence electrons. The van der Waals surface area contributed by atoms with E-state index in [1.165, 1.54) is 52.8 Å². The minimum absolute atomic E-state index is 0.255. The van der Waals surface area contributed by atoms with Crippen molar-refractivity contribution in [3.63, 3.8) is 0 Å². The maximum Gasteiger partial charge on any atom is 0.212 e. The van der Waals surface area contributed by atoms with Gasteiger partial charge < -0.3 is 0 Å². The van der Waals surface area contributed by atoms with E-state index in [0.29, 0.717) is 6.71 Å². The highest BCUT2D eigenvalue weighted by molar-refractivity contribution is 8.00. The fourth-order valence-electron chi connectivity index (χ4n) is 4.40. The highest BCUT2D eigenvalue weighted by atomic mass is 32.2. The van der Waals surface area contributed by atoms with Crippen molar-refractivity contribution < 1.29 is 0 Å². The Morgan fingerprint density at radius 1 is 0.621 bits per heavy atom. The molecule has 0 unspecified atom stereocenters. The van der Waals surface area contributed by atoms with Crippen molar-refractivity contribution in [3.8, 4) is 0 Å². The Kier molecular flexibility index (Phi) is 7.54. The fraction of sp³-hybridized carbons (Fsp3) is 0.538. The molecule has 1 fully saturated rings. The highest BCUT2D eigenvalue weighted by Gasteiger charge is 2.30. The van der Waals surface area contributed by atoms with Gasteiger partial charge in [-0.15, -0.1) is 23.5 Å².